The van der Waals surface area contributed by atoms with Crippen LogP contribution in [0.15, 0.2) is 356 Å². The zero-order valence-corrected chi connectivity index (χ0v) is 59.8. The lowest BCUT2D eigenvalue weighted by Gasteiger charge is -2.30. The Morgan fingerprint density at radius 3 is 1.08 bits per heavy atom. The van der Waals surface area contributed by atoms with Gasteiger partial charge in [-0.3, -0.25) is 9.13 Å². The van der Waals surface area contributed by atoms with Crippen LogP contribution < -0.4 is 0 Å². The first-order valence-electron chi connectivity index (χ1n) is 37.7. The Kier molecular flexibility index (Phi) is 12.1. The lowest BCUT2D eigenvalue weighted by atomic mass is 9.70. The molecule has 0 unspecified atom stereocenters. The molecule has 6 aromatic heterocycles. The molecule has 0 N–H and O–H groups in total. The van der Waals surface area contributed by atoms with Crippen molar-refractivity contribution >= 4 is 119 Å². The largest absolute Gasteiger partial charge is 0.436 e. The highest BCUT2D eigenvalue weighted by molar-refractivity contribution is 7.25. The summed E-state index contributed by atoms with van der Waals surface area (Å²) in [4.78, 5) is 23.1. The van der Waals surface area contributed by atoms with Gasteiger partial charge in [-0.2, -0.15) is 4.98 Å². The van der Waals surface area contributed by atoms with Crippen LogP contribution in [0.2, 0.25) is 0 Å². The van der Waals surface area contributed by atoms with Crippen LogP contribution in [0.25, 0.3) is 186 Å². The molecule has 26 rings (SSSR count). The number of thiophene rings is 1. The Morgan fingerprint density at radius 1 is 0.255 bits per heavy atom. The second-order valence-electron chi connectivity index (χ2n) is 29.7. The summed E-state index contributed by atoms with van der Waals surface area (Å²) in [5, 5.41) is 11.7. The molecule has 8 heteroatoms. The maximum Gasteiger partial charge on any atom is 0.248 e. The molecular weight excluding hydrogens is 1360 g/mol. The fourth-order valence-corrected chi connectivity index (χ4v) is 21.0. The van der Waals surface area contributed by atoms with Crippen molar-refractivity contribution in [2.75, 3.05) is 0 Å². The van der Waals surface area contributed by atoms with Crippen molar-refractivity contribution in [3.8, 4) is 78.7 Å². The van der Waals surface area contributed by atoms with E-state index in [2.05, 4.69) is 343 Å². The zero-order valence-electron chi connectivity index (χ0n) is 59.0. The van der Waals surface area contributed by atoms with Gasteiger partial charge in [-0.1, -0.05) is 285 Å². The molecule has 0 radical (unpaired) electrons. The van der Waals surface area contributed by atoms with E-state index in [1.807, 2.05) is 18.2 Å². The molecular formula is C102H58N6OS. The van der Waals surface area contributed by atoms with Crippen LogP contribution in [0, 0.1) is 0 Å². The minimum absolute atomic E-state index is 0.395. The van der Waals surface area contributed by atoms with E-state index < -0.39 is 10.8 Å². The highest BCUT2D eigenvalue weighted by Crippen LogP contribution is 2.65. The quantitative estimate of drug-likeness (QED) is 0.176. The standard InChI is InChI=1S/C51H29N3O.C51H29N3S/c2*1-2-14-31-29-45-39(27-30(31)13-1)36-18-6-11-23-44(36)54(45)49-47(52-48-37-19-7-12-24-46(37)55-50(48)53-49)32-25-26-43-38(28-32)35-17-5-10-22-42(35)51(43)40-20-8-3-15-33(40)34-16-4-9-21-41(34)51/h2*1-29H. The van der Waals surface area contributed by atoms with E-state index in [1.54, 1.807) is 11.3 Å². The molecule has 16 aromatic carbocycles. The molecule has 0 bridgehead atoms. The smallest absolute Gasteiger partial charge is 0.248 e. The number of nitrogens with zero attached hydrogens (tertiary/aromatic N) is 6. The van der Waals surface area contributed by atoms with Gasteiger partial charge in [0.2, 0.25) is 5.71 Å². The number of benzene rings is 16. The second kappa shape index (κ2) is 22.2. The Morgan fingerprint density at radius 2 is 0.609 bits per heavy atom. The molecule has 0 atom stereocenters. The van der Waals surface area contributed by atoms with Crippen LogP contribution in [-0.2, 0) is 10.8 Å². The Hall–Kier alpha value is -14.2. The highest BCUT2D eigenvalue weighted by Gasteiger charge is 2.53. The van der Waals surface area contributed by atoms with Crippen LogP contribution in [0.5, 0.6) is 0 Å². The second-order valence-corrected chi connectivity index (χ2v) is 30.8. The summed E-state index contributed by atoms with van der Waals surface area (Å²) >= 11 is 1.71. The van der Waals surface area contributed by atoms with E-state index in [0.29, 0.717) is 5.71 Å². The molecule has 2 spiro atoms. The summed E-state index contributed by atoms with van der Waals surface area (Å²) in [7, 11) is 0. The lowest BCUT2D eigenvalue weighted by Crippen LogP contribution is -2.25. The van der Waals surface area contributed by atoms with Crippen molar-refractivity contribution in [1.82, 2.24) is 29.1 Å². The van der Waals surface area contributed by atoms with Crippen molar-refractivity contribution in [3.05, 3.63) is 396 Å². The van der Waals surface area contributed by atoms with E-state index in [0.717, 1.165) is 88.4 Å². The van der Waals surface area contributed by atoms with E-state index in [1.165, 1.54) is 137 Å². The molecule has 6 heterocycles. The summed E-state index contributed by atoms with van der Waals surface area (Å²) in [6.45, 7) is 0. The fraction of sp³-hybridized carbons (Fsp3) is 0.0196. The predicted molar refractivity (Wildman–Crippen MR) is 451 cm³/mol. The molecule has 0 amide bonds. The molecule has 4 aliphatic carbocycles. The van der Waals surface area contributed by atoms with Crippen LogP contribution in [0.1, 0.15) is 44.5 Å². The van der Waals surface area contributed by atoms with Gasteiger partial charge in [0.15, 0.2) is 11.6 Å². The van der Waals surface area contributed by atoms with E-state index in [4.69, 9.17) is 24.4 Å². The van der Waals surface area contributed by atoms with Crippen LogP contribution in [-0.4, -0.2) is 29.1 Å². The van der Waals surface area contributed by atoms with Crippen LogP contribution >= 0.6 is 11.3 Å². The van der Waals surface area contributed by atoms with Crippen LogP contribution in [0.3, 0.4) is 0 Å². The first-order chi connectivity index (χ1) is 54.5. The monoisotopic (exact) mass is 1410 g/mol. The van der Waals surface area contributed by atoms with Crippen molar-refractivity contribution in [2.45, 2.75) is 10.8 Å². The van der Waals surface area contributed by atoms with E-state index >= 15 is 0 Å². The first kappa shape index (κ1) is 60.0. The number of aromatic nitrogens is 6. The number of rotatable bonds is 4. The summed E-state index contributed by atoms with van der Waals surface area (Å²) < 4.78 is 12.3. The van der Waals surface area contributed by atoms with E-state index in [-0.39, 0.29) is 0 Å². The van der Waals surface area contributed by atoms with Gasteiger partial charge >= 0.3 is 0 Å². The number of furan rings is 1. The Balaban J connectivity index is 0.000000126. The van der Waals surface area contributed by atoms with E-state index in [9.17, 15) is 0 Å². The number of hydrogen-bond donors (Lipinski definition) is 0. The molecule has 508 valence electrons. The van der Waals surface area contributed by atoms with Gasteiger partial charge in [0, 0.05) is 48.1 Å². The molecule has 0 fully saturated rings. The maximum atomic E-state index is 6.44. The maximum absolute atomic E-state index is 6.44. The van der Waals surface area contributed by atoms with Gasteiger partial charge < -0.3 is 4.42 Å². The SMILES string of the molecule is c1ccc2c(c1)-c1ccccc1C21c2ccccc2-c2cc(-c3nc4c(nc3-n3c5ccccc5c5cc6ccccc6cc53)oc3ccccc34)ccc21.c1ccc2c(c1)-c1ccccc1C21c2ccccc2-c2cc(-c3nc4c(nc3-n3c5ccccc5c5cc6ccccc6cc53)sc3ccccc34)ccc21. The third-order valence-corrected chi connectivity index (χ3v) is 25.5. The minimum Gasteiger partial charge on any atom is -0.436 e. The zero-order chi connectivity index (χ0) is 71.7. The van der Waals surface area contributed by atoms with Crippen molar-refractivity contribution in [1.29, 1.82) is 0 Å². The molecule has 7 nitrogen and oxygen atoms in total. The van der Waals surface area contributed by atoms with Gasteiger partial charge in [-0.15, -0.1) is 11.3 Å². The Bertz CT molecular complexity index is 7290. The summed E-state index contributed by atoms with van der Waals surface area (Å²) in [5.74, 6) is 1.59. The molecule has 22 aromatic rings. The first-order valence-corrected chi connectivity index (χ1v) is 38.5. The minimum atomic E-state index is -0.412. The Labute approximate surface area is 634 Å². The van der Waals surface area contributed by atoms with Gasteiger partial charge in [0.1, 0.15) is 32.8 Å². The van der Waals surface area contributed by atoms with Crippen molar-refractivity contribution in [2.24, 2.45) is 0 Å². The van der Waals surface area contributed by atoms with Gasteiger partial charge in [-0.25, -0.2) is 15.0 Å². The third kappa shape index (κ3) is 7.90. The summed E-state index contributed by atoms with van der Waals surface area (Å²) in [6.07, 6.45) is 0. The lowest BCUT2D eigenvalue weighted by molar-refractivity contribution is 0.652. The third-order valence-electron chi connectivity index (χ3n) is 24.4. The predicted octanol–water partition coefficient (Wildman–Crippen LogP) is 25.7. The average Bonchev–Trinajstić information content (AvgIpc) is 1.51. The van der Waals surface area contributed by atoms with Gasteiger partial charge in [0.05, 0.1) is 32.9 Å². The normalized spacial score (nSPS) is 13.6. The molecule has 0 aliphatic heterocycles. The molecule has 0 saturated heterocycles. The number of fused-ring (bicyclic) bond motifs is 34. The molecule has 110 heavy (non-hydrogen) atoms. The summed E-state index contributed by atoms with van der Waals surface area (Å²) in [5.41, 5.74) is 31.2. The van der Waals surface area contributed by atoms with Crippen molar-refractivity contribution in [3.63, 3.8) is 0 Å². The topological polar surface area (TPSA) is 74.6 Å². The average molecular weight is 1420 g/mol. The number of hydrogen-bond acceptors (Lipinski definition) is 6. The highest BCUT2D eigenvalue weighted by atomic mass is 32.1. The number of para-hydroxylation sites is 3. The summed E-state index contributed by atoms with van der Waals surface area (Å²) in [6, 6.07) is 128. The van der Waals surface area contributed by atoms with Crippen molar-refractivity contribution < 1.29 is 4.42 Å². The molecule has 0 saturated carbocycles. The van der Waals surface area contributed by atoms with Gasteiger partial charge in [0.25, 0.3) is 0 Å². The fourth-order valence-electron chi connectivity index (χ4n) is 20.0. The van der Waals surface area contributed by atoms with Crippen LogP contribution in [0.4, 0.5) is 0 Å². The van der Waals surface area contributed by atoms with Gasteiger partial charge in [-0.05, 0) is 177 Å². The molecule has 4 aliphatic rings.